The molecule has 0 bridgehead atoms. The Hall–Kier alpha value is -2.76. The monoisotopic (exact) mass is 330 g/mol. The molecular weight excluding hydrogens is 308 g/mol. The second-order valence-electron chi connectivity index (χ2n) is 5.50. The number of amides is 2. The maximum absolute atomic E-state index is 11.7. The molecule has 24 heavy (non-hydrogen) atoms. The number of rotatable bonds is 8. The Kier molecular flexibility index (Phi) is 6.42. The van der Waals surface area contributed by atoms with Gasteiger partial charge in [0.05, 0.1) is 32.4 Å². The van der Waals surface area contributed by atoms with Crippen LogP contribution in [0.15, 0.2) is 41.0 Å². The van der Waals surface area contributed by atoms with Gasteiger partial charge in [0.25, 0.3) is 0 Å². The van der Waals surface area contributed by atoms with Crippen LogP contribution in [-0.2, 0) is 16.1 Å². The standard InChI is InChI=1S/C18H22N2O4/c1-13-5-6-14(2)16(10-13)24-9-7-17(21)20-12-18(22)19-11-15-4-3-8-23-15/h3-6,8,10H,7,9,11-12H2,1-2H3,(H,19,22)(H,20,21). The number of aryl methyl sites for hydroxylation is 2. The predicted molar refractivity (Wildman–Crippen MR) is 89.6 cm³/mol. The van der Waals surface area contributed by atoms with Crippen LogP contribution in [-0.4, -0.2) is 25.0 Å². The molecule has 1 aromatic carbocycles. The van der Waals surface area contributed by atoms with Gasteiger partial charge < -0.3 is 19.8 Å². The Morgan fingerprint density at radius 3 is 2.71 bits per heavy atom. The third-order valence-corrected chi connectivity index (χ3v) is 3.42. The van der Waals surface area contributed by atoms with Crippen LogP contribution in [0.2, 0.25) is 0 Å². The minimum absolute atomic E-state index is 0.0665. The van der Waals surface area contributed by atoms with E-state index in [1.165, 1.54) is 0 Å². The van der Waals surface area contributed by atoms with E-state index in [4.69, 9.17) is 9.15 Å². The van der Waals surface area contributed by atoms with Gasteiger partial charge in [-0.15, -0.1) is 0 Å². The van der Waals surface area contributed by atoms with E-state index >= 15 is 0 Å². The first-order chi connectivity index (χ1) is 11.5. The van der Waals surface area contributed by atoms with Crippen molar-refractivity contribution in [3.63, 3.8) is 0 Å². The topological polar surface area (TPSA) is 80.6 Å². The molecule has 6 nitrogen and oxygen atoms in total. The van der Waals surface area contributed by atoms with Gasteiger partial charge in [-0.05, 0) is 43.2 Å². The molecule has 2 aromatic rings. The maximum Gasteiger partial charge on any atom is 0.239 e. The van der Waals surface area contributed by atoms with Gasteiger partial charge in [-0.3, -0.25) is 9.59 Å². The molecule has 0 atom stereocenters. The number of hydrogen-bond acceptors (Lipinski definition) is 4. The van der Waals surface area contributed by atoms with Gasteiger partial charge in [0.2, 0.25) is 11.8 Å². The van der Waals surface area contributed by atoms with Crippen molar-refractivity contribution in [1.29, 1.82) is 0 Å². The van der Waals surface area contributed by atoms with E-state index in [2.05, 4.69) is 10.6 Å². The van der Waals surface area contributed by atoms with E-state index in [0.717, 1.165) is 16.9 Å². The highest BCUT2D eigenvalue weighted by atomic mass is 16.5. The van der Waals surface area contributed by atoms with E-state index in [1.54, 1.807) is 18.4 Å². The van der Waals surface area contributed by atoms with Crippen LogP contribution >= 0.6 is 0 Å². The molecule has 1 heterocycles. The van der Waals surface area contributed by atoms with E-state index < -0.39 is 0 Å². The van der Waals surface area contributed by atoms with Crippen LogP contribution in [0.4, 0.5) is 0 Å². The highest BCUT2D eigenvalue weighted by Crippen LogP contribution is 2.19. The minimum Gasteiger partial charge on any atom is -0.493 e. The van der Waals surface area contributed by atoms with E-state index in [9.17, 15) is 9.59 Å². The van der Waals surface area contributed by atoms with Gasteiger partial charge in [0.15, 0.2) is 0 Å². The highest BCUT2D eigenvalue weighted by Gasteiger charge is 2.07. The zero-order valence-corrected chi connectivity index (χ0v) is 13.9. The molecular formula is C18H22N2O4. The second kappa shape index (κ2) is 8.76. The van der Waals surface area contributed by atoms with E-state index in [1.807, 2.05) is 32.0 Å². The molecule has 128 valence electrons. The zero-order valence-electron chi connectivity index (χ0n) is 13.9. The Morgan fingerprint density at radius 1 is 1.12 bits per heavy atom. The van der Waals surface area contributed by atoms with Gasteiger partial charge in [-0.25, -0.2) is 0 Å². The predicted octanol–water partition coefficient (Wildman–Crippen LogP) is 2.10. The average Bonchev–Trinajstić information content (AvgIpc) is 3.07. The van der Waals surface area contributed by atoms with Crippen molar-refractivity contribution < 1.29 is 18.7 Å². The highest BCUT2D eigenvalue weighted by molar-refractivity contribution is 5.84. The average molecular weight is 330 g/mol. The molecule has 0 saturated heterocycles. The van der Waals surface area contributed by atoms with Crippen molar-refractivity contribution in [3.8, 4) is 5.75 Å². The summed E-state index contributed by atoms with van der Waals surface area (Å²) >= 11 is 0. The number of carbonyl (C=O) groups excluding carboxylic acids is 2. The lowest BCUT2D eigenvalue weighted by molar-refractivity contribution is -0.126. The van der Waals surface area contributed by atoms with Crippen LogP contribution in [0, 0.1) is 13.8 Å². The van der Waals surface area contributed by atoms with Crippen molar-refractivity contribution in [2.75, 3.05) is 13.2 Å². The molecule has 6 heteroatoms. The summed E-state index contributed by atoms with van der Waals surface area (Å²) in [6.07, 6.45) is 1.73. The summed E-state index contributed by atoms with van der Waals surface area (Å²) in [5.41, 5.74) is 2.13. The molecule has 2 N–H and O–H groups in total. The quantitative estimate of drug-likeness (QED) is 0.777. The molecule has 0 saturated carbocycles. The summed E-state index contributed by atoms with van der Waals surface area (Å²) in [5, 5.41) is 5.22. The first-order valence-electron chi connectivity index (χ1n) is 7.80. The van der Waals surface area contributed by atoms with Crippen molar-refractivity contribution in [1.82, 2.24) is 10.6 Å². The Labute approximate surface area is 141 Å². The summed E-state index contributed by atoms with van der Waals surface area (Å²) in [6, 6.07) is 9.45. The molecule has 0 radical (unpaired) electrons. The van der Waals surface area contributed by atoms with Crippen LogP contribution in [0.5, 0.6) is 5.75 Å². The number of hydrogen-bond donors (Lipinski definition) is 2. The molecule has 0 aliphatic rings. The molecule has 0 fully saturated rings. The first kappa shape index (κ1) is 17.6. The van der Waals surface area contributed by atoms with Crippen molar-refractivity contribution in [2.24, 2.45) is 0 Å². The summed E-state index contributed by atoms with van der Waals surface area (Å²) < 4.78 is 10.7. The normalized spacial score (nSPS) is 10.2. The maximum atomic E-state index is 11.7. The fraction of sp³-hybridized carbons (Fsp3) is 0.333. The lowest BCUT2D eigenvalue weighted by Crippen LogP contribution is -2.37. The van der Waals surface area contributed by atoms with Crippen molar-refractivity contribution in [3.05, 3.63) is 53.5 Å². The van der Waals surface area contributed by atoms with Crippen molar-refractivity contribution in [2.45, 2.75) is 26.8 Å². The first-order valence-corrected chi connectivity index (χ1v) is 7.80. The van der Waals surface area contributed by atoms with Crippen LogP contribution < -0.4 is 15.4 Å². The SMILES string of the molecule is Cc1ccc(C)c(OCCC(=O)NCC(=O)NCc2ccco2)c1. The Balaban J connectivity index is 1.62. The fourth-order valence-electron chi connectivity index (χ4n) is 2.05. The number of nitrogens with one attached hydrogen (secondary N) is 2. The number of furan rings is 1. The third kappa shape index (κ3) is 5.79. The van der Waals surface area contributed by atoms with Gasteiger partial charge in [-0.1, -0.05) is 12.1 Å². The smallest absolute Gasteiger partial charge is 0.239 e. The number of benzene rings is 1. The van der Waals surface area contributed by atoms with Crippen molar-refractivity contribution >= 4 is 11.8 Å². The Bertz CT molecular complexity index is 680. The zero-order chi connectivity index (χ0) is 17.4. The summed E-state index contributed by atoms with van der Waals surface area (Å²) in [5.74, 6) is 0.944. The minimum atomic E-state index is -0.268. The van der Waals surface area contributed by atoms with Crippen LogP contribution in [0.3, 0.4) is 0 Å². The van der Waals surface area contributed by atoms with Crippen LogP contribution in [0.1, 0.15) is 23.3 Å². The molecule has 0 spiro atoms. The number of carbonyl (C=O) groups is 2. The fourth-order valence-corrected chi connectivity index (χ4v) is 2.05. The summed E-state index contributed by atoms with van der Waals surface area (Å²) in [7, 11) is 0. The Morgan fingerprint density at radius 2 is 1.96 bits per heavy atom. The van der Waals surface area contributed by atoms with Crippen LogP contribution in [0.25, 0.3) is 0 Å². The van der Waals surface area contributed by atoms with Gasteiger partial charge in [0, 0.05) is 0 Å². The van der Waals surface area contributed by atoms with Gasteiger partial charge in [0.1, 0.15) is 11.5 Å². The van der Waals surface area contributed by atoms with E-state index in [-0.39, 0.29) is 31.4 Å². The lowest BCUT2D eigenvalue weighted by atomic mass is 10.1. The second-order valence-corrected chi connectivity index (χ2v) is 5.50. The lowest BCUT2D eigenvalue weighted by Gasteiger charge is -2.10. The summed E-state index contributed by atoms with van der Waals surface area (Å²) in [4.78, 5) is 23.4. The largest absolute Gasteiger partial charge is 0.493 e. The molecule has 2 rings (SSSR count). The molecule has 0 aliphatic carbocycles. The van der Waals surface area contributed by atoms with E-state index in [0.29, 0.717) is 12.3 Å². The molecule has 1 aromatic heterocycles. The third-order valence-electron chi connectivity index (χ3n) is 3.42. The van der Waals surface area contributed by atoms with Gasteiger partial charge >= 0.3 is 0 Å². The summed E-state index contributed by atoms with van der Waals surface area (Å²) in [6.45, 7) is 4.45. The molecule has 0 aliphatic heterocycles. The number of ether oxygens (including phenoxy) is 1. The van der Waals surface area contributed by atoms with Gasteiger partial charge in [-0.2, -0.15) is 0 Å². The molecule has 2 amide bonds. The molecule has 0 unspecified atom stereocenters.